The zero-order valence-electron chi connectivity index (χ0n) is 11.4. The lowest BCUT2D eigenvalue weighted by Gasteiger charge is -2.24. The fourth-order valence-electron chi connectivity index (χ4n) is 1.80. The number of nitrogens with one attached hydrogen (secondary N) is 1. The highest BCUT2D eigenvalue weighted by Gasteiger charge is 2.18. The summed E-state index contributed by atoms with van der Waals surface area (Å²) < 4.78 is 13.1. The molecule has 0 spiro atoms. The monoisotopic (exact) mass is 252 g/mol. The lowest BCUT2D eigenvalue weighted by molar-refractivity contribution is -0.131. The number of carbonyl (C=O) groups excluding carboxylic acids is 1. The highest BCUT2D eigenvalue weighted by atomic mass is 19.1. The molecule has 2 atom stereocenters. The average Bonchev–Trinajstić information content (AvgIpc) is 2.36. The third kappa shape index (κ3) is 3.81. The minimum absolute atomic E-state index is 0.0424. The summed E-state index contributed by atoms with van der Waals surface area (Å²) in [4.78, 5) is 13.6. The molecular formula is C14H21FN2O. The molecule has 1 N–H and O–H groups in total. The number of likely N-dealkylation sites (N-methyl/N-ethyl adjacent to an activating group) is 1. The Bertz CT molecular complexity index is 409. The second-order valence-electron chi connectivity index (χ2n) is 4.52. The summed E-state index contributed by atoms with van der Waals surface area (Å²) in [7, 11) is 1.77. The van der Waals surface area contributed by atoms with Gasteiger partial charge in [-0.25, -0.2) is 4.39 Å². The van der Waals surface area contributed by atoms with E-state index in [-0.39, 0.29) is 23.8 Å². The van der Waals surface area contributed by atoms with Crippen molar-refractivity contribution in [1.29, 1.82) is 0 Å². The van der Waals surface area contributed by atoms with Crippen molar-refractivity contribution in [2.75, 3.05) is 13.6 Å². The molecule has 1 amide bonds. The van der Waals surface area contributed by atoms with Crippen LogP contribution in [0, 0.1) is 5.82 Å². The molecule has 0 radical (unpaired) electrons. The maximum Gasteiger partial charge on any atom is 0.239 e. The summed E-state index contributed by atoms with van der Waals surface area (Å²) in [5.41, 5.74) is 0.841. The molecule has 4 heteroatoms. The molecular weight excluding hydrogens is 231 g/mol. The Balaban J connectivity index is 2.64. The molecule has 3 nitrogen and oxygen atoms in total. The molecule has 0 aromatic heterocycles. The van der Waals surface area contributed by atoms with Gasteiger partial charge >= 0.3 is 0 Å². The van der Waals surface area contributed by atoms with Gasteiger partial charge in [-0.05, 0) is 38.5 Å². The first-order chi connectivity index (χ1) is 8.45. The first-order valence-corrected chi connectivity index (χ1v) is 6.22. The zero-order valence-corrected chi connectivity index (χ0v) is 11.4. The molecule has 1 aromatic rings. The Kier molecular flexibility index (Phi) is 5.28. The number of carbonyl (C=O) groups is 1. The summed E-state index contributed by atoms with van der Waals surface area (Å²) in [6.45, 7) is 6.36. The molecule has 18 heavy (non-hydrogen) atoms. The standard InChI is InChI=1S/C14H21FN2O/c1-5-17(4)14(18)11(3)16-10(2)12-7-6-8-13(15)9-12/h6-11,16H,5H2,1-4H3. The SMILES string of the molecule is CCN(C)C(=O)C(C)NC(C)c1cccc(F)c1. The first-order valence-electron chi connectivity index (χ1n) is 6.22. The van der Waals surface area contributed by atoms with Crippen molar-refractivity contribution in [2.24, 2.45) is 0 Å². The summed E-state index contributed by atoms with van der Waals surface area (Å²) in [6, 6.07) is 6.07. The summed E-state index contributed by atoms with van der Waals surface area (Å²) >= 11 is 0. The summed E-state index contributed by atoms with van der Waals surface area (Å²) in [5.74, 6) is -0.216. The van der Waals surface area contributed by atoms with E-state index in [2.05, 4.69) is 5.32 Å². The minimum atomic E-state index is -0.284. The fourth-order valence-corrected chi connectivity index (χ4v) is 1.80. The third-order valence-corrected chi connectivity index (χ3v) is 3.07. The lowest BCUT2D eigenvalue weighted by atomic mass is 10.1. The predicted octanol–water partition coefficient (Wildman–Crippen LogP) is 2.34. The van der Waals surface area contributed by atoms with Crippen LogP contribution in [-0.2, 0) is 4.79 Å². The molecule has 0 heterocycles. The summed E-state index contributed by atoms with van der Waals surface area (Å²) in [6.07, 6.45) is 0. The Hall–Kier alpha value is -1.42. The lowest BCUT2D eigenvalue weighted by Crippen LogP contribution is -2.43. The zero-order chi connectivity index (χ0) is 13.7. The number of amides is 1. The molecule has 0 bridgehead atoms. The Morgan fingerprint density at radius 3 is 2.67 bits per heavy atom. The average molecular weight is 252 g/mol. The van der Waals surface area contributed by atoms with Crippen molar-refractivity contribution in [3.05, 3.63) is 35.6 Å². The van der Waals surface area contributed by atoms with Crippen LogP contribution < -0.4 is 5.32 Å². The van der Waals surface area contributed by atoms with Crippen LogP contribution in [0.2, 0.25) is 0 Å². The van der Waals surface area contributed by atoms with Gasteiger partial charge in [0.05, 0.1) is 6.04 Å². The number of hydrogen-bond acceptors (Lipinski definition) is 2. The maximum absolute atomic E-state index is 13.1. The van der Waals surface area contributed by atoms with E-state index in [1.54, 1.807) is 18.0 Å². The second-order valence-corrected chi connectivity index (χ2v) is 4.52. The quantitative estimate of drug-likeness (QED) is 0.872. The van der Waals surface area contributed by atoms with Gasteiger partial charge in [-0.2, -0.15) is 0 Å². The van der Waals surface area contributed by atoms with Crippen LogP contribution in [0.1, 0.15) is 32.4 Å². The molecule has 100 valence electrons. The first kappa shape index (κ1) is 14.6. The second kappa shape index (κ2) is 6.50. The topological polar surface area (TPSA) is 32.3 Å². The van der Waals surface area contributed by atoms with Gasteiger partial charge in [0.2, 0.25) is 5.91 Å². The van der Waals surface area contributed by atoms with E-state index in [0.29, 0.717) is 6.54 Å². The molecule has 0 aliphatic carbocycles. The van der Waals surface area contributed by atoms with Crippen LogP contribution in [0.3, 0.4) is 0 Å². The van der Waals surface area contributed by atoms with Gasteiger partial charge in [-0.3, -0.25) is 10.1 Å². The van der Waals surface area contributed by atoms with Crippen LogP contribution >= 0.6 is 0 Å². The Morgan fingerprint density at radius 2 is 2.11 bits per heavy atom. The maximum atomic E-state index is 13.1. The van der Waals surface area contributed by atoms with Gasteiger partial charge in [0.15, 0.2) is 0 Å². The Morgan fingerprint density at radius 1 is 1.44 bits per heavy atom. The van der Waals surface area contributed by atoms with Gasteiger partial charge in [0, 0.05) is 19.6 Å². The largest absolute Gasteiger partial charge is 0.345 e. The van der Waals surface area contributed by atoms with Gasteiger partial charge in [-0.1, -0.05) is 12.1 Å². The molecule has 0 fully saturated rings. The van der Waals surface area contributed by atoms with Crippen molar-refractivity contribution in [2.45, 2.75) is 32.9 Å². The predicted molar refractivity (Wildman–Crippen MR) is 70.7 cm³/mol. The number of rotatable bonds is 5. The van der Waals surface area contributed by atoms with Crippen molar-refractivity contribution in [3.63, 3.8) is 0 Å². The van der Waals surface area contributed by atoms with Crippen molar-refractivity contribution in [3.8, 4) is 0 Å². The van der Waals surface area contributed by atoms with E-state index in [9.17, 15) is 9.18 Å². The van der Waals surface area contributed by atoms with Crippen LogP contribution in [-0.4, -0.2) is 30.4 Å². The van der Waals surface area contributed by atoms with Crippen molar-refractivity contribution >= 4 is 5.91 Å². The van der Waals surface area contributed by atoms with Crippen molar-refractivity contribution < 1.29 is 9.18 Å². The number of benzene rings is 1. The van der Waals surface area contributed by atoms with E-state index >= 15 is 0 Å². The smallest absolute Gasteiger partial charge is 0.239 e. The van der Waals surface area contributed by atoms with Crippen LogP contribution in [0.25, 0.3) is 0 Å². The highest BCUT2D eigenvalue weighted by Crippen LogP contribution is 2.14. The van der Waals surface area contributed by atoms with Gasteiger partial charge in [-0.15, -0.1) is 0 Å². The summed E-state index contributed by atoms with van der Waals surface area (Å²) in [5, 5.41) is 3.18. The van der Waals surface area contributed by atoms with E-state index in [1.165, 1.54) is 12.1 Å². The molecule has 0 aliphatic rings. The van der Waals surface area contributed by atoms with E-state index in [1.807, 2.05) is 26.8 Å². The molecule has 2 unspecified atom stereocenters. The third-order valence-electron chi connectivity index (χ3n) is 3.07. The van der Waals surface area contributed by atoms with Crippen LogP contribution in [0.5, 0.6) is 0 Å². The highest BCUT2D eigenvalue weighted by molar-refractivity contribution is 5.81. The fraction of sp³-hybridized carbons (Fsp3) is 0.500. The number of hydrogen-bond donors (Lipinski definition) is 1. The van der Waals surface area contributed by atoms with Gasteiger partial charge < -0.3 is 4.90 Å². The molecule has 0 saturated heterocycles. The van der Waals surface area contributed by atoms with E-state index < -0.39 is 0 Å². The van der Waals surface area contributed by atoms with Crippen molar-refractivity contribution in [1.82, 2.24) is 10.2 Å². The Labute approximate surface area is 108 Å². The minimum Gasteiger partial charge on any atom is -0.345 e. The number of halogens is 1. The van der Waals surface area contributed by atoms with E-state index in [4.69, 9.17) is 0 Å². The van der Waals surface area contributed by atoms with Gasteiger partial charge in [0.1, 0.15) is 5.82 Å². The van der Waals surface area contributed by atoms with Crippen LogP contribution in [0.15, 0.2) is 24.3 Å². The molecule has 1 rings (SSSR count). The molecule has 0 aliphatic heterocycles. The molecule has 0 saturated carbocycles. The van der Waals surface area contributed by atoms with E-state index in [0.717, 1.165) is 5.56 Å². The normalized spacial score (nSPS) is 14.1. The molecule has 1 aromatic carbocycles. The number of nitrogens with zero attached hydrogens (tertiary/aromatic N) is 1. The van der Waals surface area contributed by atoms with Crippen LogP contribution in [0.4, 0.5) is 4.39 Å². The van der Waals surface area contributed by atoms with Gasteiger partial charge in [0.25, 0.3) is 0 Å².